The van der Waals surface area contributed by atoms with Gasteiger partial charge >= 0.3 is 0 Å². The zero-order chi connectivity index (χ0) is 13.0. The van der Waals surface area contributed by atoms with Crippen molar-refractivity contribution in [3.05, 3.63) is 48.0 Å². The van der Waals surface area contributed by atoms with E-state index in [1.54, 1.807) is 12.1 Å². The zero-order valence-corrected chi connectivity index (χ0v) is 9.45. The third kappa shape index (κ3) is 2.92. The Balaban J connectivity index is 2.19. The molecule has 1 atom stereocenters. The van der Waals surface area contributed by atoms with Crippen molar-refractivity contribution in [2.75, 3.05) is 12.3 Å². The first kappa shape index (κ1) is 12.3. The Kier molecular flexibility index (Phi) is 3.69. The second-order valence-corrected chi connectivity index (χ2v) is 3.59. The molecule has 1 heterocycles. The molecule has 0 aliphatic heterocycles. The van der Waals surface area contributed by atoms with Gasteiger partial charge in [0.05, 0.1) is 12.3 Å². The van der Waals surface area contributed by atoms with E-state index in [0.717, 1.165) is 0 Å². The maximum atomic E-state index is 13.0. The van der Waals surface area contributed by atoms with Crippen LogP contribution in [0.2, 0.25) is 0 Å². The van der Waals surface area contributed by atoms with Crippen LogP contribution < -0.4 is 10.5 Å². The number of hydrogen-bond donors (Lipinski definition) is 2. The average molecular weight is 249 g/mol. The molecule has 0 bridgehead atoms. The minimum Gasteiger partial charge on any atom is -0.482 e. The molecule has 0 aliphatic carbocycles. The topological polar surface area (TPSA) is 81.3 Å². The number of nitrogens with zero attached hydrogens (tertiary/aromatic N) is 2. The van der Waals surface area contributed by atoms with Gasteiger partial charge in [-0.15, -0.1) is 0 Å². The highest BCUT2D eigenvalue weighted by Crippen LogP contribution is 2.21. The molecule has 1 aromatic heterocycles. The lowest BCUT2D eigenvalue weighted by Crippen LogP contribution is -2.14. The summed E-state index contributed by atoms with van der Waals surface area (Å²) in [4.78, 5) is 7.70. The maximum Gasteiger partial charge on any atom is 0.220 e. The van der Waals surface area contributed by atoms with E-state index in [0.29, 0.717) is 11.4 Å². The number of rotatable bonds is 4. The van der Waals surface area contributed by atoms with Gasteiger partial charge in [-0.3, -0.25) is 0 Å². The van der Waals surface area contributed by atoms with Gasteiger partial charge in [0.25, 0.3) is 0 Å². The molecule has 5 nitrogen and oxygen atoms in total. The molecule has 1 aromatic carbocycles. The maximum absolute atomic E-state index is 13.0. The molecular formula is C12H12FN3O2. The molecule has 0 spiro atoms. The Morgan fingerprint density at radius 1 is 1.39 bits per heavy atom. The fourth-order valence-electron chi connectivity index (χ4n) is 1.46. The van der Waals surface area contributed by atoms with Crippen LogP contribution in [0.3, 0.4) is 0 Å². The Labute approximate surface area is 103 Å². The highest BCUT2D eigenvalue weighted by atomic mass is 19.1. The number of nitrogens with two attached hydrogens (primary N) is 1. The number of nitrogen functional groups attached to an aromatic ring is 1. The fourth-order valence-corrected chi connectivity index (χ4v) is 1.46. The SMILES string of the molecule is Nc1nccc(C(CO)Oc2cccc(F)c2)n1. The number of benzene rings is 1. The first-order valence-electron chi connectivity index (χ1n) is 5.30. The molecule has 3 N–H and O–H groups in total. The van der Waals surface area contributed by atoms with E-state index in [4.69, 9.17) is 10.5 Å². The van der Waals surface area contributed by atoms with Gasteiger partial charge in [-0.2, -0.15) is 0 Å². The van der Waals surface area contributed by atoms with E-state index < -0.39 is 11.9 Å². The lowest BCUT2D eigenvalue weighted by atomic mass is 10.2. The van der Waals surface area contributed by atoms with Crippen molar-refractivity contribution in [2.24, 2.45) is 0 Å². The predicted molar refractivity (Wildman–Crippen MR) is 63.3 cm³/mol. The number of ether oxygens (including phenoxy) is 1. The summed E-state index contributed by atoms with van der Waals surface area (Å²) in [6.45, 7) is -0.299. The molecular weight excluding hydrogens is 237 g/mol. The monoisotopic (exact) mass is 249 g/mol. The standard InChI is InChI=1S/C12H12FN3O2/c13-8-2-1-3-9(6-8)18-11(7-17)10-4-5-15-12(14)16-10/h1-6,11,17H,7H2,(H2,14,15,16). The van der Waals surface area contributed by atoms with Crippen molar-refractivity contribution in [3.8, 4) is 5.75 Å². The summed E-state index contributed by atoms with van der Waals surface area (Å²) in [6, 6.07) is 7.23. The fraction of sp³-hybridized carbons (Fsp3) is 0.167. The van der Waals surface area contributed by atoms with Gasteiger partial charge in [-0.05, 0) is 18.2 Å². The van der Waals surface area contributed by atoms with Crippen LogP contribution in [0.25, 0.3) is 0 Å². The largest absolute Gasteiger partial charge is 0.482 e. The van der Waals surface area contributed by atoms with Gasteiger partial charge in [-0.1, -0.05) is 6.07 Å². The molecule has 0 aliphatic rings. The van der Waals surface area contributed by atoms with Gasteiger partial charge in [0, 0.05) is 12.3 Å². The normalized spacial score (nSPS) is 12.1. The molecule has 0 radical (unpaired) electrons. The molecule has 0 amide bonds. The van der Waals surface area contributed by atoms with E-state index in [9.17, 15) is 9.50 Å². The zero-order valence-electron chi connectivity index (χ0n) is 9.45. The minimum absolute atomic E-state index is 0.0915. The van der Waals surface area contributed by atoms with Crippen molar-refractivity contribution in [3.63, 3.8) is 0 Å². The third-order valence-corrected chi connectivity index (χ3v) is 2.27. The highest BCUT2D eigenvalue weighted by molar-refractivity contribution is 5.24. The summed E-state index contributed by atoms with van der Waals surface area (Å²) in [5, 5.41) is 9.28. The number of aliphatic hydroxyl groups is 1. The lowest BCUT2D eigenvalue weighted by Gasteiger charge is -2.16. The Morgan fingerprint density at radius 2 is 2.22 bits per heavy atom. The second-order valence-electron chi connectivity index (χ2n) is 3.59. The van der Waals surface area contributed by atoms with Crippen LogP contribution in [0.5, 0.6) is 5.75 Å². The molecule has 0 saturated carbocycles. The van der Waals surface area contributed by atoms with E-state index in [2.05, 4.69) is 9.97 Å². The summed E-state index contributed by atoms with van der Waals surface area (Å²) in [6.07, 6.45) is 0.757. The Bertz CT molecular complexity index is 536. The van der Waals surface area contributed by atoms with Crippen LogP contribution in [0.4, 0.5) is 10.3 Å². The van der Waals surface area contributed by atoms with Crippen molar-refractivity contribution >= 4 is 5.95 Å². The molecule has 2 aromatic rings. The number of halogens is 1. The first-order valence-corrected chi connectivity index (χ1v) is 5.30. The summed E-state index contributed by atoms with van der Waals surface area (Å²) in [5.41, 5.74) is 5.89. The molecule has 94 valence electrons. The highest BCUT2D eigenvalue weighted by Gasteiger charge is 2.14. The molecule has 1 unspecified atom stereocenters. The number of anilines is 1. The minimum atomic E-state index is -0.711. The van der Waals surface area contributed by atoms with Crippen LogP contribution in [-0.4, -0.2) is 21.7 Å². The van der Waals surface area contributed by atoms with E-state index in [1.807, 2.05) is 0 Å². The Morgan fingerprint density at radius 3 is 2.89 bits per heavy atom. The summed E-state index contributed by atoms with van der Waals surface area (Å²) >= 11 is 0. The smallest absolute Gasteiger partial charge is 0.220 e. The number of aliphatic hydroxyl groups excluding tert-OH is 1. The average Bonchev–Trinajstić information content (AvgIpc) is 2.36. The van der Waals surface area contributed by atoms with E-state index >= 15 is 0 Å². The van der Waals surface area contributed by atoms with Crippen molar-refractivity contribution in [2.45, 2.75) is 6.10 Å². The Hall–Kier alpha value is -2.21. The first-order chi connectivity index (χ1) is 8.69. The summed E-state index contributed by atoms with van der Waals surface area (Å²) < 4.78 is 18.4. The van der Waals surface area contributed by atoms with Crippen LogP contribution in [0.15, 0.2) is 36.5 Å². The molecule has 18 heavy (non-hydrogen) atoms. The number of hydrogen-bond acceptors (Lipinski definition) is 5. The molecule has 0 fully saturated rings. The van der Waals surface area contributed by atoms with Gasteiger partial charge in [-0.25, -0.2) is 14.4 Å². The van der Waals surface area contributed by atoms with Crippen LogP contribution in [-0.2, 0) is 0 Å². The van der Waals surface area contributed by atoms with Gasteiger partial charge in [0.1, 0.15) is 11.6 Å². The number of aromatic nitrogens is 2. The summed E-state index contributed by atoms with van der Waals surface area (Å²) in [5.74, 6) is -0.00795. The van der Waals surface area contributed by atoms with Gasteiger partial charge < -0.3 is 15.6 Å². The van der Waals surface area contributed by atoms with Crippen LogP contribution in [0, 0.1) is 5.82 Å². The van der Waals surface area contributed by atoms with Gasteiger partial charge in [0.15, 0.2) is 6.10 Å². The quantitative estimate of drug-likeness (QED) is 0.853. The molecule has 0 saturated heterocycles. The predicted octanol–water partition coefficient (Wildman–Crippen LogP) is 1.31. The summed E-state index contributed by atoms with van der Waals surface area (Å²) in [7, 11) is 0. The van der Waals surface area contributed by atoms with Crippen molar-refractivity contribution in [1.29, 1.82) is 0 Å². The van der Waals surface area contributed by atoms with Crippen LogP contribution >= 0.6 is 0 Å². The third-order valence-electron chi connectivity index (χ3n) is 2.27. The van der Waals surface area contributed by atoms with Gasteiger partial charge in [0.2, 0.25) is 5.95 Å². The van der Waals surface area contributed by atoms with E-state index in [-0.39, 0.29) is 12.6 Å². The van der Waals surface area contributed by atoms with Crippen molar-refractivity contribution < 1.29 is 14.2 Å². The van der Waals surface area contributed by atoms with Crippen molar-refractivity contribution in [1.82, 2.24) is 9.97 Å². The van der Waals surface area contributed by atoms with Crippen LogP contribution in [0.1, 0.15) is 11.8 Å². The lowest BCUT2D eigenvalue weighted by molar-refractivity contribution is 0.113. The van der Waals surface area contributed by atoms with E-state index in [1.165, 1.54) is 24.4 Å². The second kappa shape index (κ2) is 5.42. The molecule has 6 heteroatoms. The molecule has 2 rings (SSSR count).